The van der Waals surface area contributed by atoms with Gasteiger partial charge in [0.15, 0.2) is 0 Å². The second-order valence-electron chi connectivity index (χ2n) is 4.10. The number of hydrogen-bond donors (Lipinski definition) is 0. The molecule has 0 spiro atoms. The number of hydrogen-bond acceptors (Lipinski definition) is 4. The molecule has 1 aromatic carbocycles. The quantitative estimate of drug-likeness (QED) is 0.628. The minimum absolute atomic E-state index is 0.0556. The number of benzene rings is 1. The predicted molar refractivity (Wildman–Crippen MR) is 72.7 cm³/mol. The van der Waals surface area contributed by atoms with Crippen LogP contribution in [0.1, 0.15) is 10.4 Å². The molecule has 1 heterocycles. The molecular formula is C14H9ClF3NO3. The van der Waals surface area contributed by atoms with Crippen molar-refractivity contribution in [3.05, 3.63) is 47.1 Å². The summed E-state index contributed by atoms with van der Waals surface area (Å²) in [7, 11) is 1.21. The first-order valence-electron chi connectivity index (χ1n) is 5.91. The van der Waals surface area contributed by atoms with Crippen LogP contribution in [0, 0.1) is 0 Å². The Kier molecular flexibility index (Phi) is 4.56. The Bertz CT molecular complexity index is 687. The fourth-order valence-corrected chi connectivity index (χ4v) is 1.92. The van der Waals surface area contributed by atoms with Crippen LogP contribution in [0.15, 0.2) is 36.4 Å². The molecule has 0 unspecified atom stereocenters. The lowest BCUT2D eigenvalue weighted by molar-refractivity contribution is -0.274. The maximum absolute atomic E-state index is 12.1. The molecular weight excluding hydrogens is 323 g/mol. The first-order valence-corrected chi connectivity index (χ1v) is 6.29. The van der Waals surface area contributed by atoms with Crippen molar-refractivity contribution >= 4 is 17.6 Å². The van der Waals surface area contributed by atoms with Crippen molar-refractivity contribution in [3.63, 3.8) is 0 Å². The molecule has 0 N–H and O–H groups in total. The summed E-state index contributed by atoms with van der Waals surface area (Å²) >= 11 is 5.89. The maximum Gasteiger partial charge on any atom is 0.573 e. The third kappa shape index (κ3) is 3.88. The van der Waals surface area contributed by atoms with Gasteiger partial charge in [0.05, 0.1) is 18.4 Å². The van der Waals surface area contributed by atoms with Gasteiger partial charge in [-0.3, -0.25) is 0 Å². The highest BCUT2D eigenvalue weighted by molar-refractivity contribution is 6.32. The number of halogens is 4. The third-order valence-electron chi connectivity index (χ3n) is 2.64. The molecule has 0 amide bonds. The molecule has 0 bridgehead atoms. The van der Waals surface area contributed by atoms with E-state index in [0.29, 0.717) is 11.3 Å². The molecule has 8 heteroatoms. The molecule has 0 radical (unpaired) electrons. The zero-order valence-corrected chi connectivity index (χ0v) is 11.9. The summed E-state index contributed by atoms with van der Waals surface area (Å²) in [5.41, 5.74) is 1.02. The molecule has 22 heavy (non-hydrogen) atoms. The monoisotopic (exact) mass is 331 g/mol. The average Bonchev–Trinajstić information content (AvgIpc) is 2.45. The van der Waals surface area contributed by atoms with Crippen LogP contribution in [0.3, 0.4) is 0 Å². The normalized spacial score (nSPS) is 11.1. The molecule has 2 rings (SSSR count). The van der Waals surface area contributed by atoms with Crippen LogP contribution in [0.2, 0.25) is 5.15 Å². The van der Waals surface area contributed by atoms with Crippen LogP contribution >= 0.6 is 11.6 Å². The standard InChI is InChI=1S/C14H9ClF3NO3/c1-21-13(20)10-6-7-11(19-12(10)15)8-2-4-9(5-3-8)22-14(16,17)18/h2-7H,1H3. The van der Waals surface area contributed by atoms with Gasteiger partial charge in [-0.2, -0.15) is 0 Å². The first-order chi connectivity index (χ1) is 10.3. The van der Waals surface area contributed by atoms with Crippen molar-refractivity contribution in [2.75, 3.05) is 7.11 Å². The number of carbonyl (C=O) groups excluding carboxylic acids is 1. The minimum atomic E-state index is -4.74. The number of rotatable bonds is 3. The summed E-state index contributed by atoms with van der Waals surface area (Å²) in [6, 6.07) is 8.06. The minimum Gasteiger partial charge on any atom is -0.465 e. The number of nitrogens with zero attached hydrogens (tertiary/aromatic N) is 1. The van der Waals surface area contributed by atoms with E-state index in [1.54, 1.807) is 0 Å². The van der Waals surface area contributed by atoms with Crippen LogP contribution in [0.25, 0.3) is 11.3 Å². The van der Waals surface area contributed by atoms with Crippen molar-refractivity contribution in [1.29, 1.82) is 0 Å². The third-order valence-corrected chi connectivity index (χ3v) is 2.93. The largest absolute Gasteiger partial charge is 0.573 e. The predicted octanol–water partition coefficient (Wildman–Crippen LogP) is 4.09. The zero-order valence-electron chi connectivity index (χ0n) is 11.1. The number of ether oxygens (including phenoxy) is 2. The highest BCUT2D eigenvalue weighted by Gasteiger charge is 2.31. The Hall–Kier alpha value is -2.28. The fourth-order valence-electron chi connectivity index (χ4n) is 1.68. The summed E-state index contributed by atoms with van der Waals surface area (Å²) in [6.07, 6.45) is -4.74. The van der Waals surface area contributed by atoms with Gasteiger partial charge in [-0.25, -0.2) is 9.78 Å². The lowest BCUT2D eigenvalue weighted by atomic mass is 10.1. The van der Waals surface area contributed by atoms with E-state index in [2.05, 4.69) is 14.5 Å². The SMILES string of the molecule is COC(=O)c1ccc(-c2ccc(OC(F)(F)F)cc2)nc1Cl. The number of methoxy groups -OCH3 is 1. The van der Waals surface area contributed by atoms with Gasteiger partial charge in [0, 0.05) is 5.56 Å². The van der Waals surface area contributed by atoms with Crippen molar-refractivity contribution in [2.24, 2.45) is 0 Å². The summed E-state index contributed by atoms with van der Waals surface area (Å²) in [4.78, 5) is 15.4. The Balaban J connectivity index is 2.25. The van der Waals surface area contributed by atoms with Gasteiger partial charge in [0.2, 0.25) is 0 Å². The van der Waals surface area contributed by atoms with E-state index in [-0.39, 0.29) is 16.5 Å². The topological polar surface area (TPSA) is 48.4 Å². The molecule has 0 aliphatic carbocycles. The van der Waals surface area contributed by atoms with Crippen molar-refractivity contribution in [1.82, 2.24) is 4.98 Å². The smallest absolute Gasteiger partial charge is 0.465 e. The van der Waals surface area contributed by atoms with Crippen LogP contribution in [0.4, 0.5) is 13.2 Å². The lowest BCUT2D eigenvalue weighted by Crippen LogP contribution is -2.16. The molecule has 4 nitrogen and oxygen atoms in total. The summed E-state index contributed by atoms with van der Waals surface area (Å²) in [5, 5.41) is -0.0556. The molecule has 0 aliphatic rings. The summed E-state index contributed by atoms with van der Waals surface area (Å²) in [5.74, 6) is -0.966. The zero-order chi connectivity index (χ0) is 16.3. The highest BCUT2D eigenvalue weighted by atomic mass is 35.5. The molecule has 0 saturated carbocycles. The van der Waals surface area contributed by atoms with Gasteiger partial charge >= 0.3 is 12.3 Å². The van der Waals surface area contributed by atoms with E-state index in [9.17, 15) is 18.0 Å². The number of alkyl halides is 3. The molecule has 0 saturated heterocycles. The van der Waals surface area contributed by atoms with E-state index < -0.39 is 12.3 Å². The van der Waals surface area contributed by atoms with Crippen LogP contribution in [-0.4, -0.2) is 24.4 Å². The van der Waals surface area contributed by atoms with Gasteiger partial charge in [0.25, 0.3) is 0 Å². The maximum atomic E-state index is 12.1. The second-order valence-corrected chi connectivity index (χ2v) is 4.46. The Morgan fingerprint density at radius 3 is 2.27 bits per heavy atom. The molecule has 0 aliphatic heterocycles. The first kappa shape index (κ1) is 16.1. The van der Waals surface area contributed by atoms with Crippen molar-refractivity contribution in [3.8, 4) is 17.0 Å². The number of aromatic nitrogens is 1. The van der Waals surface area contributed by atoms with Gasteiger partial charge in [0.1, 0.15) is 10.9 Å². The van der Waals surface area contributed by atoms with E-state index in [0.717, 1.165) is 12.1 Å². The lowest BCUT2D eigenvalue weighted by Gasteiger charge is -2.09. The molecule has 0 fully saturated rings. The van der Waals surface area contributed by atoms with E-state index >= 15 is 0 Å². The van der Waals surface area contributed by atoms with Crippen molar-refractivity contribution in [2.45, 2.75) is 6.36 Å². The fraction of sp³-hybridized carbons (Fsp3) is 0.143. The van der Waals surface area contributed by atoms with Gasteiger partial charge < -0.3 is 9.47 Å². The molecule has 1 aromatic heterocycles. The molecule has 116 valence electrons. The highest BCUT2D eigenvalue weighted by Crippen LogP contribution is 2.27. The van der Waals surface area contributed by atoms with Crippen LogP contribution < -0.4 is 4.74 Å². The van der Waals surface area contributed by atoms with Gasteiger partial charge in [-0.05, 0) is 36.4 Å². The molecule has 2 aromatic rings. The average molecular weight is 332 g/mol. The summed E-state index contributed by atoms with van der Waals surface area (Å²) in [6.45, 7) is 0. The Morgan fingerprint density at radius 1 is 1.14 bits per heavy atom. The van der Waals surface area contributed by atoms with E-state index in [1.807, 2.05) is 0 Å². The number of esters is 1. The van der Waals surface area contributed by atoms with Crippen LogP contribution in [0.5, 0.6) is 5.75 Å². The van der Waals surface area contributed by atoms with E-state index in [4.69, 9.17) is 11.6 Å². The van der Waals surface area contributed by atoms with Crippen molar-refractivity contribution < 1.29 is 27.4 Å². The number of pyridine rings is 1. The van der Waals surface area contributed by atoms with E-state index in [1.165, 1.54) is 31.4 Å². The molecule has 0 atom stereocenters. The Labute approximate surface area is 128 Å². The number of carbonyl (C=O) groups is 1. The van der Waals surface area contributed by atoms with Gasteiger partial charge in [-0.1, -0.05) is 11.6 Å². The second kappa shape index (κ2) is 6.23. The van der Waals surface area contributed by atoms with Gasteiger partial charge in [-0.15, -0.1) is 13.2 Å². The Morgan fingerprint density at radius 2 is 1.77 bits per heavy atom. The van der Waals surface area contributed by atoms with Crippen LogP contribution in [-0.2, 0) is 4.74 Å². The summed E-state index contributed by atoms with van der Waals surface area (Å²) < 4.78 is 44.5.